The first-order valence-corrected chi connectivity index (χ1v) is 8.74. The summed E-state index contributed by atoms with van der Waals surface area (Å²) in [5.41, 5.74) is 4.32. The van der Waals surface area contributed by atoms with Gasteiger partial charge in [-0.05, 0) is 41.5 Å². The second-order valence-corrected chi connectivity index (χ2v) is 7.91. The third-order valence-electron chi connectivity index (χ3n) is 5.00. The third-order valence-corrected chi connectivity index (χ3v) is 5.00. The molecule has 2 aromatic carbocycles. The highest BCUT2D eigenvalue weighted by atomic mass is 16.2. The zero-order chi connectivity index (χ0) is 16.9. The van der Waals surface area contributed by atoms with Crippen LogP contribution in [0.3, 0.4) is 0 Å². The highest BCUT2D eigenvalue weighted by Gasteiger charge is 2.41. The lowest BCUT2D eigenvalue weighted by Gasteiger charge is -2.38. The van der Waals surface area contributed by atoms with Gasteiger partial charge in [0.05, 0.1) is 5.56 Å². The lowest BCUT2D eigenvalue weighted by molar-refractivity contribution is 0.0666. The van der Waals surface area contributed by atoms with Gasteiger partial charge in [-0.2, -0.15) is 0 Å². The van der Waals surface area contributed by atoms with Gasteiger partial charge in [0.25, 0.3) is 5.91 Å². The molecule has 1 aliphatic heterocycles. The van der Waals surface area contributed by atoms with Gasteiger partial charge in [-0.3, -0.25) is 4.79 Å². The van der Waals surface area contributed by atoms with Gasteiger partial charge in [-0.1, -0.05) is 57.2 Å². The molecule has 1 amide bonds. The second-order valence-electron chi connectivity index (χ2n) is 7.91. The molecule has 0 radical (unpaired) electrons. The first-order valence-electron chi connectivity index (χ1n) is 8.74. The van der Waals surface area contributed by atoms with Gasteiger partial charge >= 0.3 is 0 Å². The molecule has 24 heavy (non-hydrogen) atoms. The zero-order valence-corrected chi connectivity index (χ0v) is 14.5. The molecule has 0 saturated heterocycles. The average molecular weight is 320 g/mol. The first-order chi connectivity index (χ1) is 11.4. The third kappa shape index (κ3) is 2.58. The summed E-state index contributed by atoms with van der Waals surface area (Å²) >= 11 is 0. The van der Waals surface area contributed by atoms with E-state index in [-0.39, 0.29) is 17.5 Å². The minimum atomic E-state index is -0.0751. The van der Waals surface area contributed by atoms with Crippen molar-refractivity contribution < 1.29 is 4.79 Å². The van der Waals surface area contributed by atoms with E-state index >= 15 is 0 Å². The Morgan fingerprint density at radius 3 is 2.29 bits per heavy atom. The molecular formula is C21H24N2O. The van der Waals surface area contributed by atoms with E-state index in [1.807, 2.05) is 29.2 Å². The Hall–Kier alpha value is -2.29. The van der Waals surface area contributed by atoms with Crippen molar-refractivity contribution >= 4 is 11.6 Å². The first kappa shape index (κ1) is 15.3. The zero-order valence-electron chi connectivity index (χ0n) is 14.5. The number of rotatable bonds is 2. The van der Waals surface area contributed by atoms with Crippen LogP contribution in [-0.4, -0.2) is 16.8 Å². The molecule has 124 valence electrons. The highest BCUT2D eigenvalue weighted by Crippen LogP contribution is 2.40. The molecule has 0 bridgehead atoms. The monoisotopic (exact) mass is 320 g/mol. The van der Waals surface area contributed by atoms with Crippen molar-refractivity contribution in [1.82, 2.24) is 4.90 Å². The van der Waals surface area contributed by atoms with Gasteiger partial charge < -0.3 is 10.2 Å². The molecule has 2 aromatic rings. The summed E-state index contributed by atoms with van der Waals surface area (Å²) in [6, 6.07) is 16.9. The number of amides is 1. The molecule has 1 N–H and O–H groups in total. The highest BCUT2D eigenvalue weighted by molar-refractivity contribution is 6.02. The molecule has 1 saturated carbocycles. The number of nitrogens with zero attached hydrogens (tertiary/aromatic N) is 1. The van der Waals surface area contributed by atoms with Crippen molar-refractivity contribution in [2.45, 2.75) is 51.2 Å². The van der Waals surface area contributed by atoms with Crippen molar-refractivity contribution in [3.8, 4) is 0 Å². The largest absolute Gasteiger partial charge is 0.361 e. The van der Waals surface area contributed by atoms with Crippen molar-refractivity contribution in [2.24, 2.45) is 0 Å². The van der Waals surface area contributed by atoms with Gasteiger partial charge in [0.2, 0.25) is 0 Å². The Bertz CT molecular complexity index is 769. The van der Waals surface area contributed by atoms with Gasteiger partial charge in [0.15, 0.2) is 0 Å². The van der Waals surface area contributed by atoms with Crippen LogP contribution in [0.5, 0.6) is 0 Å². The molecule has 1 heterocycles. The molecule has 1 aliphatic carbocycles. The van der Waals surface area contributed by atoms with Gasteiger partial charge in [-0.25, -0.2) is 0 Å². The number of hydrogen-bond acceptors (Lipinski definition) is 2. The minimum absolute atomic E-state index is 0.0751. The Kier molecular flexibility index (Phi) is 3.41. The van der Waals surface area contributed by atoms with Crippen LogP contribution < -0.4 is 5.32 Å². The maximum absolute atomic E-state index is 13.0. The van der Waals surface area contributed by atoms with E-state index in [0.717, 1.165) is 29.7 Å². The van der Waals surface area contributed by atoms with Crippen LogP contribution in [0.4, 0.5) is 5.69 Å². The van der Waals surface area contributed by atoms with Crippen molar-refractivity contribution in [3.05, 3.63) is 65.2 Å². The summed E-state index contributed by atoms with van der Waals surface area (Å²) in [5.74, 6) is 0.150. The summed E-state index contributed by atoms with van der Waals surface area (Å²) in [7, 11) is 0. The topological polar surface area (TPSA) is 32.3 Å². The molecule has 1 fully saturated rings. The second kappa shape index (κ2) is 5.37. The molecule has 0 aromatic heterocycles. The Morgan fingerprint density at radius 1 is 1.00 bits per heavy atom. The quantitative estimate of drug-likeness (QED) is 0.869. The van der Waals surface area contributed by atoms with E-state index in [1.165, 1.54) is 5.56 Å². The van der Waals surface area contributed by atoms with E-state index < -0.39 is 0 Å². The number of para-hydroxylation sites is 1. The van der Waals surface area contributed by atoms with Gasteiger partial charge in [-0.15, -0.1) is 0 Å². The number of anilines is 1. The summed E-state index contributed by atoms with van der Waals surface area (Å²) in [4.78, 5) is 15.0. The Labute approximate surface area is 143 Å². The molecule has 0 spiro atoms. The van der Waals surface area contributed by atoms with Gasteiger partial charge in [0.1, 0.15) is 6.17 Å². The fraction of sp³-hybridized carbons (Fsp3) is 0.381. The maximum Gasteiger partial charge on any atom is 0.258 e. The molecule has 1 atom stereocenters. The summed E-state index contributed by atoms with van der Waals surface area (Å²) in [6.45, 7) is 6.66. The van der Waals surface area contributed by atoms with Crippen LogP contribution in [0.15, 0.2) is 48.5 Å². The normalized spacial score (nSPS) is 20.5. The fourth-order valence-electron chi connectivity index (χ4n) is 3.41. The fourth-order valence-corrected chi connectivity index (χ4v) is 3.41. The summed E-state index contributed by atoms with van der Waals surface area (Å²) in [6.07, 6.45) is 2.13. The van der Waals surface area contributed by atoms with Gasteiger partial charge in [0, 0.05) is 11.7 Å². The molecule has 2 aliphatic rings. The number of carbonyl (C=O) groups is 1. The smallest absolute Gasteiger partial charge is 0.258 e. The predicted octanol–water partition coefficient (Wildman–Crippen LogP) is 4.71. The predicted molar refractivity (Wildman–Crippen MR) is 97.1 cm³/mol. The molecule has 3 nitrogen and oxygen atoms in total. The number of fused-ring (bicyclic) bond motifs is 1. The van der Waals surface area contributed by atoms with Crippen LogP contribution in [0.2, 0.25) is 0 Å². The summed E-state index contributed by atoms with van der Waals surface area (Å²) < 4.78 is 0. The standard InChI is InChI=1S/C21H24N2O/c1-21(2,3)15-10-8-14(9-11-15)19-22-18-7-5-4-6-17(18)20(24)23(19)16-12-13-16/h4-11,16,19,22H,12-13H2,1-3H3/t19-/m0/s1. The molecule has 4 rings (SSSR count). The minimum Gasteiger partial charge on any atom is -0.361 e. The van der Waals surface area contributed by atoms with Crippen LogP contribution in [0, 0.1) is 0 Å². The average Bonchev–Trinajstić information content (AvgIpc) is 3.39. The SMILES string of the molecule is CC(C)(C)c1ccc([C@H]2Nc3ccccc3C(=O)N2C2CC2)cc1. The molecule has 0 unspecified atom stereocenters. The number of benzene rings is 2. The molecule has 3 heteroatoms. The maximum atomic E-state index is 13.0. The van der Waals surface area contributed by atoms with Crippen molar-refractivity contribution in [3.63, 3.8) is 0 Å². The van der Waals surface area contributed by atoms with Crippen LogP contribution in [0.1, 0.15) is 61.3 Å². The van der Waals surface area contributed by atoms with Crippen LogP contribution in [-0.2, 0) is 5.41 Å². The Balaban J connectivity index is 1.72. The van der Waals surface area contributed by atoms with Crippen LogP contribution >= 0.6 is 0 Å². The van der Waals surface area contributed by atoms with E-state index in [4.69, 9.17) is 0 Å². The summed E-state index contributed by atoms with van der Waals surface area (Å²) in [5, 5.41) is 3.58. The van der Waals surface area contributed by atoms with Crippen molar-refractivity contribution in [1.29, 1.82) is 0 Å². The van der Waals surface area contributed by atoms with E-state index in [0.29, 0.717) is 6.04 Å². The Morgan fingerprint density at radius 2 is 1.67 bits per heavy atom. The van der Waals surface area contributed by atoms with Crippen molar-refractivity contribution in [2.75, 3.05) is 5.32 Å². The van der Waals surface area contributed by atoms with E-state index in [2.05, 4.69) is 50.4 Å². The number of hydrogen-bond donors (Lipinski definition) is 1. The van der Waals surface area contributed by atoms with E-state index in [9.17, 15) is 4.79 Å². The molecular weight excluding hydrogens is 296 g/mol. The lowest BCUT2D eigenvalue weighted by atomic mass is 9.86. The number of carbonyl (C=O) groups excluding carboxylic acids is 1. The number of nitrogens with one attached hydrogen (secondary N) is 1. The van der Waals surface area contributed by atoms with Crippen LogP contribution in [0.25, 0.3) is 0 Å². The van der Waals surface area contributed by atoms with E-state index in [1.54, 1.807) is 0 Å². The lowest BCUT2D eigenvalue weighted by Crippen LogP contribution is -2.44.